The molecule has 6 unspecified atom stereocenters. The number of nitrogens with zero attached hydrogens (tertiary/aromatic N) is 4. The second-order valence-corrected chi connectivity index (χ2v) is 16.1. The van der Waals surface area contributed by atoms with Gasteiger partial charge in [-0.2, -0.15) is 0 Å². The van der Waals surface area contributed by atoms with Crippen LogP contribution >= 0.6 is 0 Å². The Labute approximate surface area is 326 Å². The number of esters is 2. The minimum atomic E-state index is -0.847. The summed E-state index contributed by atoms with van der Waals surface area (Å²) in [5.41, 5.74) is 4.17. The highest BCUT2D eigenvalue weighted by atomic mass is 16.6. The van der Waals surface area contributed by atoms with Crippen LogP contribution in [0.5, 0.6) is 0 Å². The van der Waals surface area contributed by atoms with Crippen LogP contribution in [-0.2, 0) is 33.3 Å². The topological polar surface area (TPSA) is 224 Å². The molecule has 7 rings (SSSR count). The van der Waals surface area contributed by atoms with Gasteiger partial charge in [0.25, 0.3) is 0 Å². The second-order valence-electron chi connectivity index (χ2n) is 16.1. The molecule has 2 aliphatic carbocycles. The van der Waals surface area contributed by atoms with Crippen molar-refractivity contribution in [2.45, 2.75) is 83.2 Å². The molecule has 2 aromatic heterocycles. The van der Waals surface area contributed by atoms with Crippen molar-refractivity contribution in [3.8, 4) is 0 Å². The third-order valence-electron chi connectivity index (χ3n) is 13.0. The number of anilines is 2. The summed E-state index contributed by atoms with van der Waals surface area (Å²) < 4.78 is 23.3. The number of rotatable bonds is 12. The molecule has 56 heavy (non-hydrogen) atoms. The molecule has 2 saturated carbocycles. The van der Waals surface area contributed by atoms with Crippen molar-refractivity contribution in [3.05, 3.63) is 59.8 Å². The molecule has 2 aromatic rings. The van der Waals surface area contributed by atoms with Crippen molar-refractivity contribution < 1.29 is 43.5 Å². The molecule has 6 N–H and O–H groups in total. The molecule has 0 bridgehead atoms. The summed E-state index contributed by atoms with van der Waals surface area (Å²) in [5.74, 6) is -1.34. The summed E-state index contributed by atoms with van der Waals surface area (Å²) in [6, 6.07) is 3.87. The molecule has 1 spiro atoms. The number of aliphatic hydroxyl groups is 2. The lowest BCUT2D eigenvalue weighted by Gasteiger charge is -2.63. The molecule has 3 aliphatic heterocycles. The number of fused-ring (bicyclic) bond motifs is 1. The van der Waals surface area contributed by atoms with Crippen LogP contribution in [-0.4, -0.2) is 124 Å². The molecule has 5 aliphatic rings. The monoisotopic (exact) mass is 775 g/mol. The van der Waals surface area contributed by atoms with Gasteiger partial charge in [0.15, 0.2) is 0 Å². The first kappa shape index (κ1) is 39.7. The Hall–Kier alpha value is -4.48. The largest absolute Gasteiger partial charge is 0.462 e. The molecule has 0 radical (unpaired) electrons. The highest BCUT2D eigenvalue weighted by Crippen LogP contribution is 2.66. The Kier molecular flexibility index (Phi) is 11.2. The standard InChI is InChI=1S/C40H53N7O9/c1-5-54-36(52)33(24-19-43-37(41)44-20-24)27-16-25(35(51)56-27)26(46-32-8-6-7-11-42-32)17-29-38(3)10-9-31(49)39(4,21-48)28(38)18-30(40(29)22-55-40)45-23(2)34(50)47-12-14-53-15-13-47/h6-8,11,16,19-20,23,26,28-31,45,48-49H,5,9-10,12-15,17-18,21-22H2,1-4H3,(H,42,46)(H2,41,43,44)/b33-27-/t23?,26?,28?,29?,30?,31-,38+,39+,40?/m1/s1. The Morgan fingerprint density at radius 1 is 1.16 bits per heavy atom. The van der Waals surface area contributed by atoms with Crippen LogP contribution in [0, 0.1) is 22.7 Å². The number of aliphatic hydroxyl groups excluding tert-OH is 2. The summed E-state index contributed by atoms with van der Waals surface area (Å²) in [4.78, 5) is 55.5. The minimum absolute atomic E-state index is 0.0110. The summed E-state index contributed by atoms with van der Waals surface area (Å²) in [6.45, 7) is 9.96. The third kappa shape index (κ3) is 7.28. The van der Waals surface area contributed by atoms with Crippen molar-refractivity contribution in [1.29, 1.82) is 0 Å². The molecule has 5 heterocycles. The molecule has 16 heteroatoms. The quantitative estimate of drug-likeness (QED) is 0.118. The molecule has 4 fully saturated rings. The van der Waals surface area contributed by atoms with Crippen molar-refractivity contribution in [2.75, 3.05) is 57.2 Å². The maximum atomic E-state index is 14.0. The first-order valence-corrected chi connectivity index (χ1v) is 19.5. The third-order valence-corrected chi connectivity index (χ3v) is 13.0. The second kappa shape index (κ2) is 15.8. The molecule has 0 aromatic carbocycles. The number of ether oxygens (including phenoxy) is 4. The maximum Gasteiger partial charge on any atom is 0.342 e. The Balaban J connectivity index is 1.30. The number of amides is 1. The number of aromatic nitrogens is 3. The van der Waals surface area contributed by atoms with E-state index in [-0.39, 0.29) is 65.4 Å². The molecule has 16 nitrogen and oxygen atoms in total. The summed E-state index contributed by atoms with van der Waals surface area (Å²) in [6.07, 6.45) is 7.23. The summed E-state index contributed by atoms with van der Waals surface area (Å²) >= 11 is 0. The Morgan fingerprint density at radius 2 is 1.89 bits per heavy atom. The minimum Gasteiger partial charge on any atom is -0.462 e. The fourth-order valence-electron chi connectivity index (χ4n) is 9.85. The first-order valence-electron chi connectivity index (χ1n) is 19.5. The van der Waals surface area contributed by atoms with Gasteiger partial charge >= 0.3 is 11.9 Å². The number of carbonyl (C=O) groups is 3. The van der Waals surface area contributed by atoms with Gasteiger partial charge in [-0.15, -0.1) is 0 Å². The number of allylic oxidation sites excluding steroid dienone is 1. The Bertz CT molecular complexity index is 1850. The zero-order chi connectivity index (χ0) is 39.8. The highest BCUT2D eigenvalue weighted by Gasteiger charge is 2.71. The number of pyridine rings is 1. The van der Waals surface area contributed by atoms with Gasteiger partial charge in [-0.05, 0) is 75.0 Å². The zero-order valence-corrected chi connectivity index (χ0v) is 32.4. The van der Waals surface area contributed by atoms with E-state index >= 15 is 0 Å². The van der Waals surface area contributed by atoms with E-state index in [0.717, 1.165) is 0 Å². The number of nitrogens with one attached hydrogen (secondary N) is 2. The average molecular weight is 776 g/mol. The van der Waals surface area contributed by atoms with Crippen LogP contribution in [0.2, 0.25) is 0 Å². The predicted molar refractivity (Wildman–Crippen MR) is 203 cm³/mol. The maximum absolute atomic E-state index is 14.0. The van der Waals surface area contributed by atoms with Crippen LogP contribution in [0.25, 0.3) is 5.57 Å². The fraction of sp³-hybridized carbons (Fsp3) is 0.600. The lowest BCUT2D eigenvalue weighted by Crippen LogP contribution is -2.68. The van der Waals surface area contributed by atoms with Crippen molar-refractivity contribution in [1.82, 2.24) is 25.2 Å². The van der Waals surface area contributed by atoms with Gasteiger partial charge in [0, 0.05) is 48.7 Å². The number of cyclic esters (lactones) is 1. The average Bonchev–Trinajstić information content (AvgIpc) is 3.90. The van der Waals surface area contributed by atoms with E-state index in [2.05, 4.69) is 32.5 Å². The summed E-state index contributed by atoms with van der Waals surface area (Å²) in [7, 11) is 0. The van der Waals surface area contributed by atoms with Gasteiger partial charge in [-0.1, -0.05) is 19.9 Å². The summed E-state index contributed by atoms with van der Waals surface area (Å²) in [5, 5.41) is 29.6. The van der Waals surface area contributed by atoms with Crippen molar-refractivity contribution >= 4 is 35.2 Å². The van der Waals surface area contributed by atoms with E-state index in [9.17, 15) is 24.6 Å². The fourth-order valence-corrected chi connectivity index (χ4v) is 9.85. The Morgan fingerprint density at radius 3 is 2.54 bits per heavy atom. The van der Waals surface area contributed by atoms with E-state index in [1.807, 2.05) is 24.8 Å². The normalized spacial score (nSPS) is 33.1. The number of epoxide rings is 1. The van der Waals surface area contributed by atoms with Gasteiger partial charge in [-0.25, -0.2) is 24.5 Å². The predicted octanol–water partition coefficient (Wildman–Crippen LogP) is 1.85. The van der Waals surface area contributed by atoms with E-state index in [1.165, 1.54) is 12.4 Å². The SMILES string of the molecule is CCOC(=O)/C(=C1/C=C(C(CC2C3(CO3)C(NC(C)C(=O)N3CCOCC3)CC3[C@]2(C)CC[C@@H](O)[C@@]3(C)CO)Nc2ccccn2)C(=O)O1)c1cnc(N)nc1. The highest BCUT2D eigenvalue weighted by molar-refractivity contribution is 6.18. The van der Waals surface area contributed by atoms with Crippen LogP contribution in [0.3, 0.4) is 0 Å². The van der Waals surface area contributed by atoms with Crippen LogP contribution in [0.4, 0.5) is 11.8 Å². The van der Waals surface area contributed by atoms with E-state index < -0.39 is 46.6 Å². The van der Waals surface area contributed by atoms with E-state index in [4.69, 9.17) is 24.7 Å². The number of hydrogen-bond donors (Lipinski definition) is 5. The molecule has 1 amide bonds. The first-order chi connectivity index (χ1) is 26.8. The molecule has 9 atom stereocenters. The number of hydrogen-bond acceptors (Lipinski definition) is 15. The van der Waals surface area contributed by atoms with Crippen LogP contribution in [0.1, 0.15) is 58.9 Å². The number of nitrogen functional groups attached to an aromatic ring is 1. The lowest BCUT2D eigenvalue weighted by atomic mass is 9.43. The molecular weight excluding hydrogens is 722 g/mol. The number of morpholine rings is 1. The van der Waals surface area contributed by atoms with E-state index in [1.54, 1.807) is 31.3 Å². The molecule has 302 valence electrons. The van der Waals surface area contributed by atoms with Crippen molar-refractivity contribution in [3.63, 3.8) is 0 Å². The molecular formula is C40H53N7O9. The number of carbonyl (C=O) groups excluding carboxylic acids is 3. The molecule has 2 saturated heterocycles. The van der Waals surface area contributed by atoms with Gasteiger partial charge < -0.3 is 50.4 Å². The number of nitrogens with two attached hydrogens (primary N) is 1. The zero-order valence-electron chi connectivity index (χ0n) is 32.4. The van der Waals surface area contributed by atoms with Gasteiger partial charge in [0.1, 0.15) is 22.8 Å². The van der Waals surface area contributed by atoms with Crippen molar-refractivity contribution in [2.24, 2.45) is 22.7 Å². The van der Waals surface area contributed by atoms with E-state index in [0.29, 0.717) is 64.4 Å². The van der Waals surface area contributed by atoms with Gasteiger partial charge in [-0.3, -0.25) is 4.79 Å². The van der Waals surface area contributed by atoms with Gasteiger partial charge in [0.2, 0.25) is 11.9 Å². The van der Waals surface area contributed by atoms with Crippen LogP contribution in [0.15, 0.2) is 54.2 Å². The van der Waals surface area contributed by atoms with Crippen LogP contribution < -0.4 is 16.4 Å². The smallest absolute Gasteiger partial charge is 0.342 e. The van der Waals surface area contributed by atoms with Gasteiger partial charge in [0.05, 0.1) is 56.8 Å². The lowest BCUT2D eigenvalue weighted by molar-refractivity contribution is -0.184.